The van der Waals surface area contributed by atoms with Gasteiger partial charge < -0.3 is 4.74 Å². The van der Waals surface area contributed by atoms with Crippen LogP contribution < -0.4 is 4.90 Å². The van der Waals surface area contributed by atoms with Crippen molar-refractivity contribution in [3.63, 3.8) is 0 Å². The summed E-state index contributed by atoms with van der Waals surface area (Å²) in [4.78, 5) is 21.2. The van der Waals surface area contributed by atoms with E-state index in [0.29, 0.717) is 46.7 Å². The lowest BCUT2D eigenvalue weighted by molar-refractivity contribution is 0.0391. The minimum atomic E-state index is -0.745. The normalized spacial score (nSPS) is 14.5. The molecule has 1 aromatic heterocycles. The maximum Gasteiger partial charge on any atom is 0.260 e. The molecule has 0 aliphatic carbocycles. The minimum absolute atomic E-state index is 0. The van der Waals surface area contributed by atoms with E-state index in [2.05, 4.69) is 9.88 Å². The number of aromatic nitrogens is 1. The van der Waals surface area contributed by atoms with Crippen molar-refractivity contribution in [2.45, 2.75) is 0 Å². The molecule has 2 aromatic carbocycles. The Morgan fingerprint density at radius 2 is 2.00 bits per heavy atom. The predicted molar refractivity (Wildman–Crippen MR) is 117 cm³/mol. The van der Waals surface area contributed by atoms with E-state index in [1.165, 1.54) is 11.0 Å². The Bertz CT molecular complexity index is 1040. The maximum atomic E-state index is 14.1. The van der Waals surface area contributed by atoms with Gasteiger partial charge in [-0.3, -0.25) is 14.6 Å². The lowest BCUT2D eigenvalue weighted by atomic mass is 10.2. The van der Waals surface area contributed by atoms with Gasteiger partial charge in [-0.1, -0.05) is 29.0 Å². The largest absolute Gasteiger partial charge is 0.379 e. The van der Waals surface area contributed by atoms with Gasteiger partial charge in [0, 0.05) is 42.8 Å². The number of fused-ring (bicyclic) bond motifs is 1. The van der Waals surface area contributed by atoms with Gasteiger partial charge in [0.25, 0.3) is 5.91 Å². The number of rotatable bonds is 5. The van der Waals surface area contributed by atoms with Crippen LogP contribution in [0.5, 0.6) is 0 Å². The third kappa shape index (κ3) is 5.07. The highest BCUT2D eigenvalue weighted by Crippen LogP contribution is 2.32. The highest BCUT2D eigenvalue weighted by molar-refractivity contribution is 7.22. The van der Waals surface area contributed by atoms with Crippen molar-refractivity contribution in [2.24, 2.45) is 0 Å². The molecular weight excluding hydrogens is 455 g/mol. The molecule has 0 saturated carbocycles. The molecule has 30 heavy (non-hydrogen) atoms. The van der Waals surface area contributed by atoms with Gasteiger partial charge in [0.1, 0.15) is 11.3 Å². The van der Waals surface area contributed by atoms with Crippen LogP contribution in [0.3, 0.4) is 0 Å². The molecule has 1 aliphatic heterocycles. The number of ether oxygens (including phenoxy) is 1. The summed E-state index contributed by atoms with van der Waals surface area (Å²) in [5.74, 6) is -1.71. The molecule has 4 rings (SSSR count). The lowest BCUT2D eigenvalue weighted by Gasteiger charge is -2.29. The third-order valence-electron chi connectivity index (χ3n) is 4.69. The summed E-state index contributed by atoms with van der Waals surface area (Å²) in [6, 6.07) is 8.66. The van der Waals surface area contributed by atoms with E-state index in [1.54, 1.807) is 24.3 Å². The molecule has 0 bridgehead atoms. The van der Waals surface area contributed by atoms with Crippen molar-refractivity contribution in [2.75, 3.05) is 44.3 Å². The molecular formula is C20H19Cl2F2N3O2S. The molecule has 1 aliphatic rings. The average molecular weight is 474 g/mol. The number of morpholine rings is 1. The Morgan fingerprint density at radius 3 is 2.73 bits per heavy atom. The number of amides is 1. The average Bonchev–Trinajstić information content (AvgIpc) is 3.13. The number of carbonyl (C=O) groups is 1. The topological polar surface area (TPSA) is 45.7 Å². The van der Waals surface area contributed by atoms with Crippen LogP contribution in [0.25, 0.3) is 10.2 Å². The van der Waals surface area contributed by atoms with Crippen molar-refractivity contribution in [1.82, 2.24) is 9.88 Å². The molecule has 1 amide bonds. The number of halogens is 4. The van der Waals surface area contributed by atoms with E-state index in [9.17, 15) is 13.6 Å². The van der Waals surface area contributed by atoms with Crippen LogP contribution in [0.4, 0.5) is 13.9 Å². The lowest BCUT2D eigenvalue weighted by Crippen LogP contribution is -2.43. The van der Waals surface area contributed by atoms with Crippen LogP contribution in [0.1, 0.15) is 10.4 Å². The second kappa shape index (κ2) is 9.98. The van der Waals surface area contributed by atoms with Crippen molar-refractivity contribution in [3.8, 4) is 0 Å². The zero-order valence-corrected chi connectivity index (χ0v) is 18.2. The third-order valence-corrected chi connectivity index (χ3v) is 5.95. The van der Waals surface area contributed by atoms with Gasteiger partial charge in [-0.05, 0) is 24.3 Å². The highest BCUT2D eigenvalue weighted by Gasteiger charge is 2.24. The molecule has 1 saturated heterocycles. The maximum absolute atomic E-state index is 14.1. The van der Waals surface area contributed by atoms with Gasteiger partial charge in [0.2, 0.25) is 0 Å². The first kappa shape index (κ1) is 22.8. The Balaban J connectivity index is 0.00000256. The molecule has 2 heterocycles. The standard InChI is InChI=1S/C20H18ClF2N3O2S.ClH/c21-14-3-1-2-13(10-14)19(27)26(5-4-25-6-8-28-9-7-25)20-24-18-16(23)11-15(22)12-17(18)29-20;/h1-3,10-12H,4-9H2;1H. The number of hydrogen-bond acceptors (Lipinski definition) is 5. The van der Waals surface area contributed by atoms with Gasteiger partial charge in [0.15, 0.2) is 10.9 Å². The number of carbonyl (C=O) groups excluding carboxylic acids is 1. The van der Waals surface area contributed by atoms with Gasteiger partial charge in [-0.2, -0.15) is 0 Å². The second-order valence-electron chi connectivity index (χ2n) is 6.65. The molecule has 1 fully saturated rings. The summed E-state index contributed by atoms with van der Waals surface area (Å²) in [7, 11) is 0. The summed E-state index contributed by atoms with van der Waals surface area (Å²) in [6.07, 6.45) is 0. The summed E-state index contributed by atoms with van der Waals surface area (Å²) >= 11 is 7.13. The van der Waals surface area contributed by atoms with Gasteiger partial charge in [-0.15, -0.1) is 12.4 Å². The molecule has 3 aromatic rings. The van der Waals surface area contributed by atoms with Crippen molar-refractivity contribution in [3.05, 3.63) is 58.6 Å². The number of thiazole rings is 1. The molecule has 0 atom stereocenters. The minimum Gasteiger partial charge on any atom is -0.379 e. The number of nitrogens with zero attached hydrogens (tertiary/aromatic N) is 3. The second-order valence-corrected chi connectivity index (χ2v) is 8.10. The monoisotopic (exact) mass is 473 g/mol. The van der Waals surface area contributed by atoms with Gasteiger partial charge in [0.05, 0.1) is 17.9 Å². The molecule has 10 heteroatoms. The van der Waals surface area contributed by atoms with Crippen LogP contribution in [0.2, 0.25) is 5.02 Å². The van der Waals surface area contributed by atoms with Crippen LogP contribution in [-0.4, -0.2) is 55.2 Å². The van der Waals surface area contributed by atoms with Gasteiger partial charge in [-0.25, -0.2) is 13.8 Å². The Morgan fingerprint density at radius 1 is 1.23 bits per heavy atom. The Labute approximate surface area is 187 Å². The number of anilines is 1. The van der Waals surface area contributed by atoms with E-state index in [-0.39, 0.29) is 23.8 Å². The molecule has 0 N–H and O–H groups in total. The first-order valence-electron chi connectivity index (χ1n) is 9.14. The van der Waals surface area contributed by atoms with E-state index in [0.717, 1.165) is 30.5 Å². The summed E-state index contributed by atoms with van der Waals surface area (Å²) in [5, 5.41) is 0.768. The molecule has 0 radical (unpaired) electrons. The molecule has 5 nitrogen and oxygen atoms in total. The molecule has 0 spiro atoms. The summed E-state index contributed by atoms with van der Waals surface area (Å²) in [6.45, 7) is 3.82. The van der Waals surface area contributed by atoms with Crippen molar-refractivity contribution >= 4 is 56.6 Å². The Hall–Kier alpha value is -1.84. The van der Waals surface area contributed by atoms with E-state index in [1.807, 2.05) is 0 Å². The number of benzene rings is 2. The van der Waals surface area contributed by atoms with Gasteiger partial charge >= 0.3 is 0 Å². The predicted octanol–water partition coefficient (Wildman–Crippen LogP) is 4.63. The van der Waals surface area contributed by atoms with Crippen LogP contribution in [-0.2, 0) is 4.74 Å². The van der Waals surface area contributed by atoms with E-state index >= 15 is 0 Å². The van der Waals surface area contributed by atoms with E-state index in [4.69, 9.17) is 16.3 Å². The summed E-state index contributed by atoms with van der Waals surface area (Å²) < 4.78 is 33.4. The first-order valence-corrected chi connectivity index (χ1v) is 10.3. The smallest absolute Gasteiger partial charge is 0.260 e. The fraction of sp³-hybridized carbons (Fsp3) is 0.300. The highest BCUT2D eigenvalue weighted by atomic mass is 35.5. The fourth-order valence-corrected chi connectivity index (χ4v) is 4.41. The summed E-state index contributed by atoms with van der Waals surface area (Å²) in [5.41, 5.74) is 0.465. The first-order chi connectivity index (χ1) is 14.0. The quantitative estimate of drug-likeness (QED) is 0.541. The van der Waals surface area contributed by atoms with Crippen LogP contribution in [0, 0.1) is 11.6 Å². The van der Waals surface area contributed by atoms with Crippen LogP contribution in [0.15, 0.2) is 36.4 Å². The molecule has 160 valence electrons. The van der Waals surface area contributed by atoms with Crippen molar-refractivity contribution < 1.29 is 18.3 Å². The van der Waals surface area contributed by atoms with Crippen molar-refractivity contribution in [1.29, 1.82) is 0 Å². The fourth-order valence-electron chi connectivity index (χ4n) is 3.19. The zero-order valence-electron chi connectivity index (χ0n) is 15.8. The SMILES string of the molecule is Cl.O=C(c1cccc(Cl)c1)N(CCN1CCOCC1)c1nc2c(F)cc(F)cc2s1. The number of hydrogen-bond donors (Lipinski definition) is 0. The van der Waals surface area contributed by atoms with Crippen LogP contribution >= 0.6 is 35.3 Å². The van der Waals surface area contributed by atoms with E-state index < -0.39 is 11.6 Å². The molecule has 0 unspecified atom stereocenters. The Kier molecular flexibility index (Phi) is 7.60. The zero-order chi connectivity index (χ0) is 20.4.